The van der Waals surface area contributed by atoms with Crippen LogP contribution in [0.5, 0.6) is 0 Å². The highest BCUT2D eigenvalue weighted by Crippen LogP contribution is 2.22. The van der Waals surface area contributed by atoms with E-state index in [1.165, 1.54) is 6.07 Å². The van der Waals surface area contributed by atoms with Gasteiger partial charge >= 0.3 is 0 Å². The van der Waals surface area contributed by atoms with Crippen LogP contribution in [-0.2, 0) is 10.0 Å². The van der Waals surface area contributed by atoms with Gasteiger partial charge in [-0.15, -0.1) is 11.8 Å². The number of carbonyl (C=O) groups is 1. The Balaban J connectivity index is 1.64. The van der Waals surface area contributed by atoms with Gasteiger partial charge in [-0.3, -0.25) is 9.52 Å². The van der Waals surface area contributed by atoms with E-state index >= 15 is 0 Å². The van der Waals surface area contributed by atoms with Crippen molar-refractivity contribution in [1.82, 2.24) is 5.32 Å². The van der Waals surface area contributed by atoms with Gasteiger partial charge in [-0.2, -0.15) is 0 Å². The number of carbonyl (C=O) groups excluding carboxylic acids is 1. The summed E-state index contributed by atoms with van der Waals surface area (Å²) in [6.07, 6.45) is 0. The summed E-state index contributed by atoms with van der Waals surface area (Å²) >= 11 is 7.48. The first kappa shape index (κ1) is 23.2. The molecule has 0 spiro atoms. The van der Waals surface area contributed by atoms with E-state index in [1.807, 2.05) is 43.3 Å². The number of nitrogens with one attached hydrogen (secondary N) is 2. The molecule has 0 fully saturated rings. The Morgan fingerprint density at radius 2 is 1.65 bits per heavy atom. The fraction of sp³-hybridized carbons (Fsp3) is 0.174. The van der Waals surface area contributed by atoms with Crippen LogP contribution in [0.3, 0.4) is 0 Å². The Morgan fingerprint density at radius 3 is 2.32 bits per heavy atom. The Kier molecular flexibility index (Phi) is 7.64. The van der Waals surface area contributed by atoms with Crippen molar-refractivity contribution >= 4 is 45.0 Å². The van der Waals surface area contributed by atoms with Gasteiger partial charge < -0.3 is 5.32 Å². The lowest BCUT2D eigenvalue weighted by Gasteiger charge is -2.12. The number of amides is 1. The fourth-order valence-corrected chi connectivity index (χ4v) is 5.05. The normalized spacial score (nSPS) is 11.2. The van der Waals surface area contributed by atoms with Crippen molar-refractivity contribution < 1.29 is 13.2 Å². The lowest BCUT2D eigenvalue weighted by atomic mass is 10.1. The minimum Gasteiger partial charge on any atom is -0.351 e. The summed E-state index contributed by atoms with van der Waals surface area (Å²) in [7, 11) is -3.82. The summed E-state index contributed by atoms with van der Waals surface area (Å²) in [5, 5.41) is 3.51. The van der Waals surface area contributed by atoms with Crippen molar-refractivity contribution in [2.45, 2.75) is 23.6 Å². The molecule has 0 aliphatic heterocycles. The summed E-state index contributed by atoms with van der Waals surface area (Å²) in [6, 6.07) is 19.2. The molecule has 31 heavy (non-hydrogen) atoms. The number of benzene rings is 3. The molecule has 1 amide bonds. The molecule has 0 saturated carbocycles. The number of anilines is 1. The van der Waals surface area contributed by atoms with Crippen LogP contribution >= 0.6 is 23.4 Å². The average Bonchev–Trinajstić information content (AvgIpc) is 2.74. The van der Waals surface area contributed by atoms with Gasteiger partial charge in [0.25, 0.3) is 15.9 Å². The zero-order valence-corrected chi connectivity index (χ0v) is 19.6. The Hall–Kier alpha value is -2.48. The number of hydrogen-bond donors (Lipinski definition) is 2. The van der Waals surface area contributed by atoms with Gasteiger partial charge in [-0.1, -0.05) is 35.4 Å². The van der Waals surface area contributed by atoms with E-state index in [0.29, 0.717) is 34.1 Å². The molecule has 8 heteroatoms. The van der Waals surface area contributed by atoms with Gasteiger partial charge in [0.15, 0.2) is 0 Å². The zero-order valence-electron chi connectivity index (χ0n) is 17.2. The highest BCUT2D eigenvalue weighted by Gasteiger charge is 2.19. The summed E-state index contributed by atoms with van der Waals surface area (Å²) in [6.45, 7) is 4.08. The second-order valence-corrected chi connectivity index (χ2v) is 10.3. The fourth-order valence-electron chi connectivity index (χ4n) is 2.83. The van der Waals surface area contributed by atoms with Gasteiger partial charge in [0.05, 0.1) is 4.90 Å². The van der Waals surface area contributed by atoms with Crippen LogP contribution < -0.4 is 10.0 Å². The summed E-state index contributed by atoms with van der Waals surface area (Å²) < 4.78 is 28.3. The van der Waals surface area contributed by atoms with E-state index in [4.69, 9.17) is 11.6 Å². The van der Waals surface area contributed by atoms with E-state index in [-0.39, 0.29) is 10.8 Å². The molecule has 3 aromatic rings. The molecule has 162 valence electrons. The van der Waals surface area contributed by atoms with Crippen molar-refractivity contribution in [3.05, 3.63) is 88.4 Å². The van der Waals surface area contributed by atoms with Crippen molar-refractivity contribution in [2.24, 2.45) is 0 Å². The quantitative estimate of drug-likeness (QED) is 0.344. The van der Waals surface area contributed by atoms with E-state index in [1.54, 1.807) is 43.0 Å². The van der Waals surface area contributed by atoms with Crippen LogP contribution in [0.1, 0.15) is 21.5 Å². The Labute approximate surface area is 192 Å². The van der Waals surface area contributed by atoms with Crippen molar-refractivity contribution in [1.29, 1.82) is 0 Å². The number of halogens is 1. The molecule has 0 saturated heterocycles. The molecule has 3 rings (SSSR count). The van der Waals surface area contributed by atoms with Crippen molar-refractivity contribution in [3.63, 3.8) is 0 Å². The maximum absolute atomic E-state index is 12.9. The molecule has 0 unspecified atom stereocenters. The van der Waals surface area contributed by atoms with Gasteiger partial charge in [0, 0.05) is 33.5 Å². The molecule has 0 aromatic heterocycles. The first-order chi connectivity index (χ1) is 14.7. The smallest absolute Gasteiger partial charge is 0.262 e. The summed E-state index contributed by atoms with van der Waals surface area (Å²) in [4.78, 5) is 13.7. The Morgan fingerprint density at radius 1 is 0.968 bits per heavy atom. The molecule has 0 radical (unpaired) electrons. The lowest BCUT2D eigenvalue weighted by Crippen LogP contribution is -2.26. The lowest BCUT2D eigenvalue weighted by molar-refractivity contribution is 0.0956. The molecule has 5 nitrogen and oxygen atoms in total. The molecule has 0 bridgehead atoms. The third kappa shape index (κ3) is 6.50. The average molecular weight is 475 g/mol. The van der Waals surface area contributed by atoms with Crippen molar-refractivity contribution in [2.75, 3.05) is 17.0 Å². The number of sulfonamides is 1. The van der Waals surface area contributed by atoms with Crippen LogP contribution in [0.2, 0.25) is 5.02 Å². The number of aryl methyl sites for hydroxylation is 2. The molecule has 2 N–H and O–H groups in total. The molecule has 0 heterocycles. The van der Waals surface area contributed by atoms with Gasteiger partial charge in [-0.25, -0.2) is 8.42 Å². The monoisotopic (exact) mass is 474 g/mol. The van der Waals surface area contributed by atoms with E-state index in [0.717, 1.165) is 10.5 Å². The first-order valence-electron chi connectivity index (χ1n) is 9.61. The number of rotatable bonds is 8. The third-order valence-corrected chi connectivity index (χ3v) is 7.30. The topological polar surface area (TPSA) is 75.3 Å². The van der Waals surface area contributed by atoms with Crippen molar-refractivity contribution in [3.8, 4) is 0 Å². The predicted octanol–water partition coefficient (Wildman–Crippen LogP) is 5.28. The number of hydrogen-bond acceptors (Lipinski definition) is 4. The third-order valence-electron chi connectivity index (χ3n) is 4.51. The molecular weight excluding hydrogens is 452 g/mol. The SMILES string of the molecule is Cc1ccc(NS(=O)(=O)c2cc(C(=O)NCCSc3ccc(Cl)cc3)ccc2C)cc1. The van der Waals surface area contributed by atoms with E-state index in [9.17, 15) is 13.2 Å². The zero-order chi connectivity index (χ0) is 22.4. The minimum absolute atomic E-state index is 0.0799. The highest BCUT2D eigenvalue weighted by atomic mass is 35.5. The molecule has 0 aliphatic carbocycles. The van der Waals surface area contributed by atoms with Crippen LogP contribution in [0, 0.1) is 13.8 Å². The Bertz CT molecular complexity index is 1160. The predicted molar refractivity (Wildman–Crippen MR) is 128 cm³/mol. The molecule has 0 aliphatic rings. The van der Waals surface area contributed by atoms with Crippen LogP contribution in [0.4, 0.5) is 5.69 Å². The molecular formula is C23H23ClN2O3S2. The summed E-state index contributed by atoms with van der Waals surface area (Å²) in [5.41, 5.74) is 2.37. The highest BCUT2D eigenvalue weighted by molar-refractivity contribution is 7.99. The van der Waals surface area contributed by atoms with Crippen LogP contribution in [-0.4, -0.2) is 26.6 Å². The van der Waals surface area contributed by atoms with E-state index < -0.39 is 10.0 Å². The largest absolute Gasteiger partial charge is 0.351 e. The number of thioether (sulfide) groups is 1. The summed E-state index contributed by atoms with van der Waals surface area (Å²) in [5.74, 6) is 0.364. The van der Waals surface area contributed by atoms with Gasteiger partial charge in [0.2, 0.25) is 0 Å². The maximum atomic E-state index is 12.9. The van der Waals surface area contributed by atoms with E-state index in [2.05, 4.69) is 10.0 Å². The first-order valence-corrected chi connectivity index (χ1v) is 12.5. The van der Waals surface area contributed by atoms with Crippen LogP contribution in [0.15, 0.2) is 76.5 Å². The standard InChI is InChI=1S/C23H23ClN2O3S2/c1-16-3-9-20(10-4-16)26-31(28,29)22-15-18(6-5-17(22)2)23(27)25-13-14-30-21-11-7-19(24)8-12-21/h3-12,15,26H,13-14H2,1-2H3,(H,25,27). The molecule has 3 aromatic carbocycles. The van der Waals surface area contributed by atoms with Gasteiger partial charge in [0.1, 0.15) is 0 Å². The second-order valence-electron chi connectivity index (χ2n) is 7.01. The molecule has 0 atom stereocenters. The minimum atomic E-state index is -3.82. The van der Waals surface area contributed by atoms with Crippen LogP contribution in [0.25, 0.3) is 0 Å². The van der Waals surface area contributed by atoms with Gasteiger partial charge in [-0.05, 0) is 67.9 Å². The maximum Gasteiger partial charge on any atom is 0.262 e. The second kappa shape index (κ2) is 10.2.